The van der Waals surface area contributed by atoms with Crippen molar-refractivity contribution in [2.45, 2.75) is 71.3 Å². The molecule has 0 spiro atoms. The van der Waals surface area contributed by atoms with Crippen molar-refractivity contribution in [1.29, 1.82) is 0 Å². The van der Waals surface area contributed by atoms with Crippen LogP contribution in [0.2, 0.25) is 0 Å². The zero-order valence-electron chi connectivity index (χ0n) is 22.5. The summed E-state index contributed by atoms with van der Waals surface area (Å²) < 4.78 is 0. The Morgan fingerprint density at radius 2 is 1.61 bits per heavy atom. The number of carboxylic acid groups (broad SMARTS) is 1. The van der Waals surface area contributed by atoms with Crippen LogP contribution in [0, 0.1) is 40.9 Å². The Kier molecular flexibility index (Phi) is 6.83. The SMILES string of the molecule is CC1(C)CCC(NCC2C3CC4CC(C3)CC2C4)C(CN2CCN(c3ccc(C(=O)O)cc3)CC2)C1. The van der Waals surface area contributed by atoms with E-state index in [1.54, 1.807) is 18.6 Å². The zero-order valence-corrected chi connectivity index (χ0v) is 22.5. The molecule has 7 rings (SSSR count). The normalized spacial score (nSPS) is 37.8. The average molecular weight is 494 g/mol. The molecule has 5 nitrogen and oxygen atoms in total. The van der Waals surface area contributed by atoms with Gasteiger partial charge in [-0.3, -0.25) is 4.90 Å². The number of hydrogen-bond donors (Lipinski definition) is 2. The molecule has 5 heteroatoms. The number of carbonyl (C=O) groups is 1. The van der Waals surface area contributed by atoms with Crippen LogP contribution < -0.4 is 10.2 Å². The van der Waals surface area contributed by atoms with E-state index in [4.69, 9.17) is 0 Å². The Morgan fingerprint density at radius 3 is 2.22 bits per heavy atom. The Balaban J connectivity index is 1.03. The maximum Gasteiger partial charge on any atom is 0.335 e. The summed E-state index contributed by atoms with van der Waals surface area (Å²) in [6.07, 6.45) is 11.7. The van der Waals surface area contributed by atoms with Crippen molar-refractivity contribution >= 4 is 11.7 Å². The van der Waals surface area contributed by atoms with E-state index in [9.17, 15) is 9.90 Å². The fourth-order valence-electron chi connectivity index (χ4n) is 9.19. The van der Waals surface area contributed by atoms with Crippen LogP contribution in [0.1, 0.15) is 75.6 Å². The lowest BCUT2D eigenvalue weighted by molar-refractivity contribution is -0.0384. The van der Waals surface area contributed by atoms with E-state index in [1.165, 1.54) is 58.0 Å². The lowest BCUT2D eigenvalue weighted by atomic mass is 9.52. The zero-order chi connectivity index (χ0) is 24.9. The fraction of sp³-hybridized carbons (Fsp3) is 0.774. The molecule has 1 saturated heterocycles. The van der Waals surface area contributed by atoms with Crippen LogP contribution in [0.5, 0.6) is 0 Å². The number of nitrogens with zero attached hydrogens (tertiary/aromatic N) is 2. The van der Waals surface area contributed by atoms with Gasteiger partial charge in [-0.05, 0) is 123 Å². The highest BCUT2D eigenvalue weighted by molar-refractivity contribution is 5.88. The predicted molar refractivity (Wildman–Crippen MR) is 146 cm³/mol. The minimum absolute atomic E-state index is 0.365. The van der Waals surface area contributed by atoms with Gasteiger partial charge in [-0.25, -0.2) is 4.79 Å². The van der Waals surface area contributed by atoms with Crippen molar-refractivity contribution in [2.24, 2.45) is 40.9 Å². The number of nitrogens with one attached hydrogen (secondary N) is 1. The number of rotatable bonds is 7. The topological polar surface area (TPSA) is 55.8 Å². The van der Waals surface area contributed by atoms with E-state index in [2.05, 4.69) is 29.0 Å². The van der Waals surface area contributed by atoms with Gasteiger partial charge in [0.25, 0.3) is 0 Å². The summed E-state index contributed by atoms with van der Waals surface area (Å²) in [7, 11) is 0. The Morgan fingerprint density at radius 1 is 0.972 bits per heavy atom. The molecule has 2 unspecified atom stereocenters. The molecule has 5 aliphatic carbocycles. The molecule has 1 aliphatic heterocycles. The molecule has 36 heavy (non-hydrogen) atoms. The van der Waals surface area contributed by atoms with Gasteiger partial charge in [0.2, 0.25) is 0 Å². The smallest absolute Gasteiger partial charge is 0.335 e. The predicted octanol–water partition coefficient (Wildman–Crippen LogP) is 5.36. The molecular weight excluding hydrogens is 446 g/mol. The largest absolute Gasteiger partial charge is 0.478 e. The van der Waals surface area contributed by atoms with Gasteiger partial charge in [-0.15, -0.1) is 0 Å². The average Bonchev–Trinajstić information content (AvgIpc) is 2.84. The highest BCUT2D eigenvalue weighted by atomic mass is 16.4. The van der Waals surface area contributed by atoms with Crippen LogP contribution in [0.15, 0.2) is 24.3 Å². The third-order valence-electron chi connectivity index (χ3n) is 10.9. The Hall–Kier alpha value is -1.59. The first-order chi connectivity index (χ1) is 17.3. The van der Waals surface area contributed by atoms with E-state index >= 15 is 0 Å². The quantitative estimate of drug-likeness (QED) is 0.535. The van der Waals surface area contributed by atoms with E-state index in [-0.39, 0.29) is 0 Å². The molecule has 1 heterocycles. The van der Waals surface area contributed by atoms with Gasteiger partial charge < -0.3 is 15.3 Å². The number of aromatic carboxylic acids is 1. The molecule has 6 fully saturated rings. The first-order valence-electron chi connectivity index (χ1n) is 14.9. The molecule has 0 aromatic heterocycles. The van der Waals surface area contributed by atoms with Crippen molar-refractivity contribution in [3.63, 3.8) is 0 Å². The molecule has 5 saturated carbocycles. The number of hydrogen-bond acceptors (Lipinski definition) is 4. The molecule has 2 atom stereocenters. The highest BCUT2D eigenvalue weighted by Crippen LogP contribution is 2.56. The number of anilines is 1. The van der Waals surface area contributed by atoms with Crippen LogP contribution in [-0.4, -0.2) is 61.3 Å². The summed E-state index contributed by atoms with van der Waals surface area (Å²) in [5.74, 6) is 5.01. The third kappa shape index (κ3) is 5.20. The van der Waals surface area contributed by atoms with Crippen molar-refractivity contribution in [3.8, 4) is 0 Å². The minimum atomic E-state index is -0.853. The number of carboxylic acids is 1. The Labute approximate surface area is 218 Å². The summed E-state index contributed by atoms with van der Waals surface area (Å²) in [6.45, 7) is 11.7. The van der Waals surface area contributed by atoms with Crippen LogP contribution in [0.4, 0.5) is 5.69 Å². The van der Waals surface area contributed by atoms with Crippen molar-refractivity contribution in [1.82, 2.24) is 10.2 Å². The van der Waals surface area contributed by atoms with E-state index in [0.717, 1.165) is 67.4 Å². The molecule has 0 amide bonds. The Bertz CT molecular complexity index is 892. The molecule has 1 aromatic rings. The third-order valence-corrected chi connectivity index (χ3v) is 10.9. The van der Waals surface area contributed by atoms with Crippen LogP contribution in [-0.2, 0) is 0 Å². The van der Waals surface area contributed by atoms with Gasteiger partial charge in [-0.2, -0.15) is 0 Å². The van der Waals surface area contributed by atoms with Gasteiger partial charge >= 0.3 is 5.97 Å². The van der Waals surface area contributed by atoms with E-state index in [1.807, 2.05) is 12.1 Å². The minimum Gasteiger partial charge on any atom is -0.478 e. The monoisotopic (exact) mass is 493 g/mol. The summed E-state index contributed by atoms with van der Waals surface area (Å²) in [4.78, 5) is 16.3. The van der Waals surface area contributed by atoms with Gasteiger partial charge in [0, 0.05) is 44.5 Å². The summed E-state index contributed by atoms with van der Waals surface area (Å²) >= 11 is 0. The second-order valence-electron chi connectivity index (χ2n) is 13.9. The summed E-state index contributed by atoms with van der Waals surface area (Å²) in [5, 5.41) is 13.4. The standard InChI is InChI=1S/C31H47N3O2/c1-31(2)8-7-29(32-19-28-24-14-21-13-22(16-24)17-25(28)15-21)26(18-31)20-33-9-11-34(12-10-33)27-5-3-23(4-6-27)30(35)36/h3-6,21-22,24-26,28-29,32H,7-20H2,1-2H3,(H,35,36). The van der Waals surface area contributed by atoms with Crippen LogP contribution in [0.3, 0.4) is 0 Å². The van der Waals surface area contributed by atoms with Crippen LogP contribution >= 0.6 is 0 Å². The summed E-state index contributed by atoms with van der Waals surface area (Å²) in [5.41, 5.74) is 1.97. The molecular formula is C31H47N3O2. The molecule has 2 N–H and O–H groups in total. The second-order valence-corrected chi connectivity index (χ2v) is 13.9. The van der Waals surface area contributed by atoms with Crippen LogP contribution in [0.25, 0.3) is 0 Å². The first-order valence-corrected chi connectivity index (χ1v) is 14.9. The molecule has 198 valence electrons. The van der Waals surface area contributed by atoms with Crippen molar-refractivity contribution < 1.29 is 9.90 Å². The first kappa shape index (κ1) is 24.7. The van der Waals surface area contributed by atoms with Crippen molar-refractivity contribution in [3.05, 3.63) is 29.8 Å². The van der Waals surface area contributed by atoms with Gasteiger partial charge in [0.1, 0.15) is 0 Å². The lowest BCUT2D eigenvalue weighted by Crippen LogP contribution is -2.54. The maximum absolute atomic E-state index is 11.2. The van der Waals surface area contributed by atoms with Gasteiger partial charge in [0.05, 0.1) is 5.56 Å². The van der Waals surface area contributed by atoms with Crippen molar-refractivity contribution in [2.75, 3.05) is 44.2 Å². The van der Waals surface area contributed by atoms with E-state index < -0.39 is 5.97 Å². The van der Waals surface area contributed by atoms with E-state index in [0.29, 0.717) is 17.0 Å². The molecule has 0 radical (unpaired) electrons. The van der Waals surface area contributed by atoms with Gasteiger partial charge in [0.15, 0.2) is 0 Å². The van der Waals surface area contributed by atoms with Gasteiger partial charge in [-0.1, -0.05) is 13.8 Å². The lowest BCUT2D eigenvalue weighted by Gasteiger charge is -2.55. The highest BCUT2D eigenvalue weighted by Gasteiger charge is 2.48. The number of piperazine rings is 1. The molecule has 6 aliphatic rings. The second kappa shape index (κ2) is 9.94. The summed E-state index contributed by atoms with van der Waals surface area (Å²) in [6, 6.07) is 8.07. The molecule has 4 bridgehead atoms. The fourth-order valence-corrected chi connectivity index (χ4v) is 9.19. The number of benzene rings is 1. The molecule has 1 aromatic carbocycles. The maximum atomic E-state index is 11.2.